The minimum Gasteiger partial charge on any atom is -0.299 e. The van der Waals surface area contributed by atoms with Crippen LogP contribution in [-0.2, 0) is 12.3 Å². The van der Waals surface area contributed by atoms with E-state index in [9.17, 15) is 0 Å². The van der Waals surface area contributed by atoms with Crippen LogP contribution in [0.1, 0.15) is 18.4 Å². The van der Waals surface area contributed by atoms with Crippen molar-refractivity contribution < 1.29 is 0 Å². The lowest BCUT2D eigenvalue weighted by Gasteiger charge is -2.01. The van der Waals surface area contributed by atoms with Crippen LogP contribution in [0.15, 0.2) is 6.20 Å². The van der Waals surface area contributed by atoms with Crippen molar-refractivity contribution in [1.82, 2.24) is 19.7 Å². The minimum absolute atomic E-state index is 0.682. The SMILES string of the molecule is CCCn1c(-c2cnc(CSC)s2)n[nH]c1=S. The Morgan fingerprint density at radius 1 is 1.59 bits per heavy atom. The summed E-state index contributed by atoms with van der Waals surface area (Å²) in [5.74, 6) is 1.85. The van der Waals surface area contributed by atoms with Crippen LogP contribution in [0.5, 0.6) is 0 Å². The molecule has 0 aliphatic rings. The number of hydrogen-bond donors (Lipinski definition) is 1. The topological polar surface area (TPSA) is 46.5 Å². The summed E-state index contributed by atoms with van der Waals surface area (Å²) in [6, 6.07) is 0. The fraction of sp³-hybridized carbons (Fsp3) is 0.500. The molecule has 2 aromatic heterocycles. The highest BCUT2D eigenvalue weighted by Crippen LogP contribution is 2.26. The molecule has 0 spiro atoms. The van der Waals surface area contributed by atoms with E-state index in [1.807, 2.05) is 10.8 Å². The molecule has 4 nitrogen and oxygen atoms in total. The summed E-state index contributed by atoms with van der Waals surface area (Å²) in [5, 5.41) is 8.27. The van der Waals surface area contributed by atoms with Gasteiger partial charge in [0, 0.05) is 18.5 Å². The Balaban J connectivity index is 2.35. The summed E-state index contributed by atoms with van der Waals surface area (Å²) in [6.07, 6.45) is 5.00. The summed E-state index contributed by atoms with van der Waals surface area (Å²) in [7, 11) is 0. The first-order chi connectivity index (χ1) is 8.26. The highest BCUT2D eigenvalue weighted by molar-refractivity contribution is 7.97. The zero-order chi connectivity index (χ0) is 12.3. The number of aromatic nitrogens is 4. The van der Waals surface area contributed by atoms with E-state index < -0.39 is 0 Å². The minimum atomic E-state index is 0.682. The largest absolute Gasteiger partial charge is 0.299 e. The molecule has 0 aliphatic heterocycles. The van der Waals surface area contributed by atoms with E-state index in [0.717, 1.165) is 34.4 Å². The van der Waals surface area contributed by atoms with E-state index in [1.54, 1.807) is 23.1 Å². The van der Waals surface area contributed by atoms with Crippen molar-refractivity contribution in [2.45, 2.75) is 25.6 Å². The molecule has 2 rings (SSSR count). The Hall–Kier alpha value is -0.660. The molecule has 0 bridgehead atoms. The van der Waals surface area contributed by atoms with Crippen molar-refractivity contribution in [2.75, 3.05) is 6.26 Å². The van der Waals surface area contributed by atoms with E-state index in [0.29, 0.717) is 4.77 Å². The average Bonchev–Trinajstić information content (AvgIpc) is 2.89. The molecular formula is C10H14N4S3. The zero-order valence-electron chi connectivity index (χ0n) is 9.77. The molecule has 0 atom stereocenters. The summed E-state index contributed by atoms with van der Waals surface area (Å²) in [4.78, 5) is 5.47. The van der Waals surface area contributed by atoms with E-state index in [1.165, 1.54) is 0 Å². The third kappa shape index (κ3) is 2.78. The third-order valence-corrected chi connectivity index (χ3v) is 4.30. The number of nitrogens with one attached hydrogen (secondary N) is 1. The van der Waals surface area contributed by atoms with Crippen molar-refractivity contribution >= 4 is 35.3 Å². The van der Waals surface area contributed by atoms with Crippen molar-refractivity contribution in [3.63, 3.8) is 0 Å². The highest BCUT2D eigenvalue weighted by Gasteiger charge is 2.11. The molecule has 0 fully saturated rings. The van der Waals surface area contributed by atoms with Crippen LogP contribution in [-0.4, -0.2) is 26.0 Å². The van der Waals surface area contributed by atoms with E-state index >= 15 is 0 Å². The normalized spacial score (nSPS) is 10.9. The molecule has 17 heavy (non-hydrogen) atoms. The van der Waals surface area contributed by atoms with Gasteiger partial charge in [0.2, 0.25) is 0 Å². The molecule has 0 saturated heterocycles. The molecule has 1 N–H and O–H groups in total. The van der Waals surface area contributed by atoms with Gasteiger partial charge in [0.25, 0.3) is 0 Å². The number of hydrogen-bond acceptors (Lipinski definition) is 5. The summed E-state index contributed by atoms with van der Waals surface area (Å²) >= 11 is 8.68. The number of rotatable bonds is 5. The van der Waals surface area contributed by atoms with Crippen LogP contribution in [0.25, 0.3) is 10.7 Å². The third-order valence-electron chi connectivity index (χ3n) is 2.25. The molecule has 2 heterocycles. The lowest BCUT2D eigenvalue weighted by molar-refractivity contribution is 0.675. The second kappa shape index (κ2) is 5.79. The molecule has 92 valence electrons. The van der Waals surface area contributed by atoms with Crippen LogP contribution in [0.3, 0.4) is 0 Å². The predicted molar refractivity (Wildman–Crippen MR) is 76.0 cm³/mol. The molecule has 0 saturated carbocycles. The number of thiazole rings is 1. The Kier molecular flexibility index (Phi) is 4.36. The van der Waals surface area contributed by atoms with Crippen LogP contribution in [0, 0.1) is 4.77 Å². The zero-order valence-corrected chi connectivity index (χ0v) is 12.2. The van der Waals surface area contributed by atoms with Gasteiger partial charge in [-0.05, 0) is 24.9 Å². The second-order valence-corrected chi connectivity index (χ2v) is 5.92. The maximum absolute atomic E-state index is 5.22. The first-order valence-corrected chi connectivity index (χ1v) is 7.97. The fourth-order valence-corrected chi connectivity index (χ4v) is 3.39. The number of nitrogens with zero attached hydrogens (tertiary/aromatic N) is 3. The number of thioether (sulfide) groups is 1. The van der Waals surface area contributed by atoms with Gasteiger partial charge in [0.1, 0.15) is 5.01 Å². The van der Waals surface area contributed by atoms with Gasteiger partial charge in [-0.3, -0.25) is 9.67 Å². The molecule has 0 radical (unpaired) electrons. The van der Waals surface area contributed by atoms with Crippen LogP contribution < -0.4 is 0 Å². The van der Waals surface area contributed by atoms with Crippen molar-refractivity contribution in [1.29, 1.82) is 0 Å². The second-order valence-electron chi connectivity index (χ2n) is 3.56. The Bertz CT molecular complexity index is 540. The van der Waals surface area contributed by atoms with Crippen LogP contribution in [0.2, 0.25) is 0 Å². The summed E-state index contributed by atoms with van der Waals surface area (Å²) in [5.41, 5.74) is 0. The molecule has 0 aliphatic carbocycles. The Morgan fingerprint density at radius 2 is 2.41 bits per heavy atom. The van der Waals surface area contributed by atoms with Crippen molar-refractivity contribution in [3.05, 3.63) is 16.0 Å². The molecule has 7 heteroatoms. The quantitative estimate of drug-likeness (QED) is 0.856. The van der Waals surface area contributed by atoms with Gasteiger partial charge < -0.3 is 0 Å². The van der Waals surface area contributed by atoms with E-state index in [-0.39, 0.29) is 0 Å². The standard InChI is InChI=1S/C10H14N4S3/c1-3-4-14-9(12-13-10(14)15)7-5-11-8(17-7)6-16-2/h5H,3-4,6H2,1-2H3,(H,13,15). The Morgan fingerprint density at radius 3 is 3.12 bits per heavy atom. The Labute approximate surface area is 113 Å². The maximum Gasteiger partial charge on any atom is 0.195 e. The fourth-order valence-electron chi connectivity index (χ4n) is 1.54. The molecule has 0 aromatic carbocycles. The predicted octanol–water partition coefficient (Wildman–Crippen LogP) is 3.34. The van der Waals surface area contributed by atoms with Gasteiger partial charge in [-0.2, -0.15) is 16.9 Å². The van der Waals surface area contributed by atoms with Crippen LogP contribution >= 0.6 is 35.3 Å². The first-order valence-electron chi connectivity index (χ1n) is 5.35. The van der Waals surface area contributed by atoms with E-state index in [4.69, 9.17) is 12.2 Å². The van der Waals surface area contributed by atoms with Crippen molar-refractivity contribution in [3.8, 4) is 10.7 Å². The highest BCUT2D eigenvalue weighted by atomic mass is 32.2. The molecule has 0 unspecified atom stereocenters. The molecule has 2 aromatic rings. The van der Waals surface area contributed by atoms with Crippen LogP contribution in [0.4, 0.5) is 0 Å². The van der Waals surface area contributed by atoms with Crippen molar-refractivity contribution in [2.24, 2.45) is 0 Å². The number of aromatic amines is 1. The lowest BCUT2D eigenvalue weighted by atomic mass is 10.4. The smallest absolute Gasteiger partial charge is 0.195 e. The molecular weight excluding hydrogens is 272 g/mol. The van der Waals surface area contributed by atoms with Gasteiger partial charge in [0.15, 0.2) is 10.6 Å². The van der Waals surface area contributed by atoms with Gasteiger partial charge in [-0.1, -0.05) is 6.92 Å². The molecule has 0 amide bonds. The first kappa shape index (κ1) is 12.8. The number of H-pyrrole nitrogens is 1. The lowest BCUT2D eigenvalue weighted by Crippen LogP contribution is -1.98. The van der Waals surface area contributed by atoms with E-state index in [2.05, 4.69) is 28.4 Å². The van der Waals surface area contributed by atoms with Gasteiger partial charge in [-0.15, -0.1) is 11.3 Å². The van der Waals surface area contributed by atoms with Gasteiger partial charge >= 0.3 is 0 Å². The summed E-state index contributed by atoms with van der Waals surface area (Å²) < 4.78 is 2.72. The average molecular weight is 286 g/mol. The van der Waals surface area contributed by atoms with Gasteiger partial charge in [-0.25, -0.2) is 4.98 Å². The maximum atomic E-state index is 5.22. The monoisotopic (exact) mass is 286 g/mol. The van der Waals surface area contributed by atoms with Gasteiger partial charge in [0.05, 0.1) is 4.88 Å². The summed E-state index contributed by atoms with van der Waals surface area (Å²) in [6.45, 7) is 3.02.